The Kier molecular flexibility index (Phi) is 4.07. The topological polar surface area (TPSA) is 84.7 Å². The van der Waals surface area contributed by atoms with E-state index in [-0.39, 0.29) is 5.91 Å². The van der Waals surface area contributed by atoms with Gasteiger partial charge in [-0.05, 0) is 12.5 Å². The molecular formula is C12H16N6O. The molecule has 0 fully saturated rings. The van der Waals surface area contributed by atoms with E-state index >= 15 is 0 Å². The molecule has 0 aliphatic rings. The van der Waals surface area contributed by atoms with Crippen LogP contribution in [0.4, 0.5) is 5.82 Å². The highest BCUT2D eigenvalue weighted by atomic mass is 16.1. The number of nitrogens with one attached hydrogen (secondary N) is 2. The molecule has 2 aromatic heterocycles. The Hall–Kier alpha value is -2.44. The van der Waals surface area contributed by atoms with Crippen LogP contribution in [0.5, 0.6) is 0 Å². The molecule has 7 nitrogen and oxygen atoms in total. The van der Waals surface area contributed by atoms with Crippen molar-refractivity contribution < 1.29 is 4.79 Å². The molecule has 2 aromatic rings. The van der Waals surface area contributed by atoms with E-state index in [4.69, 9.17) is 0 Å². The number of aryl methyl sites for hydroxylation is 1. The fraction of sp³-hybridized carbons (Fsp3) is 0.333. The SMILES string of the molecule is CNc1cnc(C(=O)NCCn2cc(C)cn2)cn1. The molecule has 7 heteroatoms. The van der Waals surface area contributed by atoms with Crippen LogP contribution in [0.3, 0.4) is 0 Å². The lowest BCUT2D eigenvalue weighted by Gasteiger charge is -2.05. The molecule has 0 unspecified atom stereocenters. The van der Waals surface area contributed by atoms with Gasteiger partial charge in [0.05, 0.1) is 25.1 Å². The van der Waals surface area contributed by atoms with Crippen LogP contribution in [0.15, 0.2) is 24.8 Å². The lowest BCUT2D eigenvalue weighted by Crippen LogP contribution is -2.28. The van der Waals surface area contributed by atoms with E-state index in [2.05, 4.69) is 25.7 Å². The second-order valence-electron chi connectivity index (χ2n) is 4.07. The van der Waals surface area contributed by atoms with E-state index in [0.29, 0.717) is 24.6 Å². The molecule has 0 aliphatic carbocycles. The number of carbonyl (C=O) groups excluding carboxylic acids is 1. The third kappa shape index (κ3) is 3.51. The first kappa shape index (κ1) is 13.0. The first-order valence-corrected chi connectivity index (χ1v) is 5.96. The van der Waals surface area contributed by atoms with E-state index in [0.717, 1.165) is 5.56 Å². The lowest BCUT2D eigenvalue weighted by atomic mass is 10.4. The van der Waals surface area contributed by atoms with Crippen molar-refractivity contribution in [1.29, 1.82) is 0 Å². The molecule has 0 radical (unpaired) electrons. The maximum Gasteiger partial charge on any atom is 0.271 e. The third-order valence-corrected chi connectivity index (χ3v) is 2.53. The first-order chi connectivity index (χ1) is 9.19. The maximum atomic E-state index is 11.8. The molecule has 0 aliphatic heterocycles. The van der Waals surface area contributed by atoms with Gasteiger partial charge in [0.25, 0.3) is 5.91 Å². The fourth-order valence-electron chi connectivity index (χ4n) is 1.54. The number of amides is 1. The summed E-state index contributed by atoms with van der Waals surface area (Å²) in [6.07, 6.45) is 6.67. The summed E-state index contributed by atoms with van der Waals surface area (Å²) in [6.45, 7) is 3.10. The van der Waals surface area contributed by atoms with Crippen molar-refractivity contribution in [3.8, 4) is 0 Å². The Morgan fingerprint density at radius 2 is 2.16 bits per heavy atom. The van der Waals surface area contributed by atoms with Crippen molar-refractivity contribution in [2.75, 3.05) is 18.9 Å². The van der Waals surface area contributed by atoms with Gasteiger partial charge in [0.2, 0.25) is 0 Å². The molecule has 2 N–H and O–H groups in total. The first-order valence-electron chi connectivity index (χ1n) is 5.96. The Labute approximate surface area is 111 Å². The number of nitrogens with zero attached hydrogens (tertiary/aromatic N) is 4. The largest absolute Gasteiger partial charge is 0.372 e. The molecule has 100 valence electrons. The van der Waals surface area contributed by atoms with E-state index in [9.17, 15) is 4.79 Å². The van der Waals surface area contributed by atoms with E-state index in [1.54, 1.807) is 17.9 Å². The summed E-state index contributed by atoms with van der Waals surface area (Å²) in [7, 11) is 1.75. The Morgan fingerprint density at radius 1 is 1.32 bits per heavy atom. The minimum atomic E-state index is -0.237. The quantitative estimate of drug-likeness (QED) is 0.815. The molecule has 0 spiro atoms. The standard InChI is InChI=1S/C12H16N6O/c1-9-5-17-18(8-9)4-3-14-12(19)10-6-16-11(13-2)7-15-10/h5-8H,3-4H2,1-2H3,(H,13,16)(H,14,19). The van der Waals surface area contributed by atoms with Crippen LogP contribution < -0.4 is 10.6 Å². The second kappa shape index (κ2) is 5.94. The Balaban J connectivity index is 1.83. The number of carbonyl (C=O) groups is 1. The summed E-state index contributed by atoms with van der Waals surface area (Å²) >= 11 is 0. The van der Waals surface area contributed by atoms with Gasteiger partial charge in [0, 0.05) is 19.8 Å². The van der Waals surface area contributed by atoms with Gasteiger partial charge in [-0.1, -0.05) is 0 Å². The van der Waals surface area contributed by atoms with Crippen molar-refractivity contribution in [1.82, 2.24) is 25.1 Å². The minimum absolute atomic E-state index is 0.237. The number of rotatable bonds is 5. The average molecular weight is 260 g/mol. The zero-order chi connectivity index (χ0) is 13.7. The highest BCUT2D eigenvalue weighted by molar-refractivity contribution is 5.91. The van der Waals surface area contributed by atoms with Crippen molar-refractivity contribution in [2.24, 2.45) is 0 Å². The third-order valence-electron chi connectivity index (χ3n) is 2.53. The van der Waals surface area contributed by atoms with Gasteiger partial charge in [0.15, 0.2) is 0 Å². The van der Waals surface area contributed by atoms with Crippen LogP contribution in [-0.4, -0.2) is 39.2 Å². The van der Waals surface area contributed by atoms with Gasteiger partial charge >= 0.3 is 0 Å². The number of hydrogen-bond acceptors (Lipinski definition) is 5. The molecular weight excluding hydrogens is 244 g/mol. The van der Waals surface area contributed by atoms with Crippen molar-refractivity contribution in [3.05, 3.63) is 36.0 Å². The summed E-state index contributed by atoms with van der Waals surface area (Å²) in [5.74, 6) is 0.391. The monoisotopic (exact) mass is 260 g/mol. The van der Waals surface area contributed by atoms with Gasteiger partial charge in [-0.3, -0.25) is 9.48 Å². The van der Waals surface area contributed by atoms with Crippen molar-refractivity contribution in [2.45, 2.75) is 13.5 Å². The van der Waals surface area contributed by atoms with Gasteiger partial charge in [-0.15, -0.1) is 0 Å². The zero-order valence-electron chi connectivity index (χ0n) is 10.9. The zero-order valence-corrected chi connectivity index (χ0v) is 10.9. The van der Waals surface area contributed by atoms with Gasteiger partial charge in [-0.25, -0.2) is 9.97 Å². The molecule has 2 heterocycles. The predicted molar refractivity (Wildman–Crippen MR) is 70.9 cm³/mol. The molecule has 0 atom stereocenters. The Morgan fingerprint density at radius 3 is 2.74 bits per heavy atom. The maximum absolute atomic E-state index is 11.8. The molecule has 1 amide bonds. The minimum Gasteiger partial charge on any atom is -0.372 e. The van der Waals surface area contributed by atoms with Crippen LogP contribution in [-0.2, 0) is 6.54 Å². The molecule has 0 saturated carbocycles. The molecule has 0 aromatic carbocycles. The van der Waals surface area contributed by atoms with Crippen molar-refractivity contribution >= 4 is 11.7 Å². The Bertz CT molecular complexity index is 548. The molecule has 2 rings (SSSR count). The summed E-state index contributed by atoms with van der Waals surface area (Å²) in [6, 6.07) is 0. The van der Waals surface area contributed by atoms with Crippen LogP contribution in [0.25, 0.3) is 0 Å². The highest BCUT2D eigenvalue weighted by Crippen LogP contribution is 1.99. The number of hydrogen-bond donors (Lipinski definition) is 2. The number of aromatic nitrogens is 4. The van der Waals surface area contributed by atoms with Crippen LogP contribution >= 0.6 is 0 Å². The molecule has 0 saturated heterocycles. The predicted octanol–water partition coefficient (Wildman–Crippen LogP) is 0.453. The highest BCUT2D eigenvalue weighted by Gasteiger charge is 2.07. The summed E-state index contributed by atoms with van der Waals surface area (Å²) in [4.78, 5) is 19.8. The lowest BCUT2D eigenvalue weighted by molar-refractivity contribution is 0.0946. The summed E-state index contributed by atoms with van der Waals surface area (Å²) in [5.41, 5.74) is 1.40. The van der Waals surface area contributed by atoms with E-state index in [1.165, 1.54) is 12.4 Å². The smallest absolute Gasteiger partial charge is 0.271 e. The van der Waals surface area contributed by atoms with Crippen LogP contribution in [0.2, 0.25) is 0 Å². The average Bonchev–Trinajstić information content (AvgIpc) is 2.84. The molecule has 19 heavy (non-hydrogen) atoms. The normalized spacial score (nSPS) is 10.2. The van der Waals surface area contributed by atoms with Gasteiger partial charge < -0.3 is 10.6 Å². The van der Waals surface area contributed by atoms with Crippen LogP contribution in [0, 0.1) is 6.92 Å². The van der Waals surface area contributed by atoms with Crippen molar-refractivity contribution in [3.63, 3.8) is 0 Å². The summed E-state index contributed by atoms with van der Waals surface area (Å²) < 4.78 is 1.78. The van der Waals surface area contributed by atoms with Crippen LogP contribution in [0.1, 0.15) is 16.1 Å². The van der Waals surface area contributed by atoms with Gasteiger partial charge in [-0.2, -0.15) is 5.10 Å². The molecule has 0 bridgehead atoms. The second-order valence-corrected chi connectivity index (χ2v) is 4.07. The number of anilines is 1. The van der Waals surface area contributed by atoms with E-state index in [1.807, 2.05) is 13.1 Å². The van der Waals surface area contributed by atoms with Gasteiger partial charge in [0.1, 0.15) is 11.5 Å². The van der Waals surface area contributed by atoms with E-state index < -0.39 is 0 Å². The summed E-state index contributed by atoms with van der Waals surface area (Å²) in [5, 5.41) is 9.75. The fourth-order valence-corrected chi connectivity index (χ4v) is 1.54.